The van der Waals surface area contributed by atoms with Crippen LogP contribution in [0.2, 0.25) is 0 Å². The number of nitrogens with one attached hydrogen (secondary N) is 2. The highest BCUT2D eigenvalue weighted by atomic mass is 16.5. The fraction of sp³-hybridized carbons (Fsp3) is 0.550. The van der Waals surface area contributed by atoms with Gasteiger partial charge < -0.3 is 46.3 Å². The summed E-state index contributed by atoms with van der Waals surface area (Å²) in [5, 5.41) is 58.5. The van der Waals surface area contributed by atoms with Crippen molar-refractivity contribution >= 4 is 0 Å². The van der Waals surface area contributed by atoms with E-state index in [1.54, 1.807) is 6.07 Å². The summed E-state index contributed by atoms with van der Waals surface area (Å²) in [5.41, 5.74) is 11.3. The van der Waals surface area contributed by atoms with Gasteiger partial charge in [0.2, 0.25) is 0 Å². The highest BCUT2D eigenvalue weighted by Gasteiger charge is 2.40. The van der Waals surface area contributed by atoms with Crippen molar-refractivity contribution in [1.82, 2.24) is 10.3 Å². The van der Waals surface area contributed by atoms with E-state index in [2.05, 4.69) is 41.2 Å². The molecule has 1 aromatic heterocycles. The van der Waals surface area contributed by atoms with Gasteiger partial charge in [-0.15, -0.1) is 0 Å². The third-order valence-electron chi connectivity index (χ3n) is 11.1. The molecule has 9 N–H and O–H groups in total. The van der Waals surface area contributed by atoms with E-state index >= 15 is 0 Å². The number of aliphatic hydroxyl groups excluding tert-OH is 4. The van der Waals surface area contributed by atoms with Crippen LogP contribution in [0, 0.1) is 35.5 Å². The van der Waals surface area contributed by atoms with Crippen LogP contribution in [0.3, 0.4) is 0 Å². The van der Waals surface area contributed by atoms with Crippen molar-refractivity contribution in [3.8, 4) is 23.3 Å². The molecule has 3 aliphatic carbocycles. The van der Waals surface area contributed by atoms with Crippen LogP contribution in [-0.2, 0) is 12.8 Å². The summed E-state index contributed by atoms with van der Waals surface area (Å²) in [6.07, 6.45) is 12.2. The molecule has 2 heterocycles. The Morgan fingerprint density at radius 2 is 1.94 bits per heavy atom. The summed E-state index contributed by atoms with van der Waals surface area (Å²) in [4.78, 5) is 3.26. The molecule has 1 aliphatic heterocycles. The van der Waals surface area contributed by atoms with Crippen molar-refractivity contribution in [2.45, 2.75) is 101 Å². The minimum Gasteiger partial charge on any atom is -0.504 e. The number of phenolic OH excluding ortho intramolecular Hbond substituents is 1. The van der Waals surface area contributed by atoms with E-state index in [1.807, 2.05) is 30.5 Å². The summed E-state index contributed by atoms with van der Waals surface area (Å²) in [6.45, 7) is 2.26. The highest BCUT2D eigenvalue weighted by molar-refractivity contribution is 5.52. The number of aliphatic hydroxyl groups is 4. The zero-order chi connectivity index (χ0) is 34.5. The minimum absolute atomic E-state index is 0.0253. The lowest BCUT2D eigenvalue weighted by Crippen LogP contribution is -2.37. The van der Waals surface area contributed by atoms with E-state index in [0.717, 1.165) is 60.9 Å². The normalized spacial score (nSPS) is 28.6. The number of aromatic nitrogens is 1. The van der Waals surface area contributed by atoms with E-state index in [9.17, 15) is 25.5 Å². The monoisotopic (exact) mass is 671 g/mol. The van der Waals surface area contributed by atoms with Crippen molar-refractivity contribution in [2.75, 3.05) is 13.2 Å². The van der Waals surface area contributed by atoms with Gasteiger partial charge in [0.1, 0.15) is 12.2 Å². The van der Waals surface area contributed by atoms with Crippen LogP contribution in [0.25, 0.3) is 0 Å². The van der Waals surface area contributed by atoms with Gasteiger partial charge in [0, 0.05) is 42.1 Å². The van der Waals surface area contributed by atoms with E-state index in [4.69, 9.17) is 10.5 Å². The fourth-order valence-corrected chi connectivity index (χ4v) is 8.34. The quantitative estimate of drug-likeness (QED) is 0.137. The number of hydrogen-bond acceptors (Lipinski definition) is 8. The molecule has 9 heteroatoms. The maximum Gasteiger partial charge on any atom is 0.161 e. The number of benzene rings is 1. The number of aryl methyl sites for hydroxylation is 1. The Hall–Kier alpha value is -3.68. The molecule has 4 aliphatic rings. The molecule has 0 fully saturated rings. The third kappa shape index (κ3) is 8.21. The number of hydrogen-bond donors (Lipinski definition) is 8. The Labute approximate surface area is 290 Å². The van der Waals surface area contributed by atoms with Gasteiger partial charge in [-0.2, -0.15) is 0 Å². The molecule has 0 bridgehead atoms. The molecule has 2 aromatic rings. The van der Waals surface area contributed by atoms with Gasteiger partial charge in [-0.05, 0) is 104 Å². The summed E-state index contributed by atoms with van der Waals surface area (Å²) < 4.78 is 6.46. The molecule has 0 saturated heterocycles. The third-order valence-corrected chi connectivity index (χ3v) is 11.1. The second kappa shape index (κ2) is 15.9. The molecule has 0 unspecified atom stereocenters. The lowest BCUT2D eigenvalue weighted by Gasteiger charge is -2.33. The average Bonchev–Trinajstić information content (AvgIpc) is 3.56. The van der Waals surface area contributed by atoms with Gasteiger partial charge in [0.05, 0.1) is 24.6 Å². The minimum atomic E-state index is -1.20. The first-order valence-electron chi connectivity index (χ1n) is 18.2. The van der Waals surface area contributed by atoms with E-state index < -0.39 is 31.0 Å². The van der Waals surface area contributed by atoms with Crippen molar-refractivity contribution in [1.29, 1.82) is 0 Å². The molecule has 0 radical (unpaired) electrons. The van der Waals surface area contributed by atoms with Crippen LogP contribution in [0.4, 0.5) is 0 Å². The van der Waals surface area contributed by atoms with Crippen LogP contribution < -0.4 is 15.8 Å². The average molecular weight is 672 g/mol. The van der Waals surface area contributed by atoms with Gasteiger partial charge in [-0.25, -0.2) is 0 Å². The molecule has 9 nitrogen and oxygen atoms in total. The summed E-state index contributed by atoms with van der Waals surface area (Å²) >= 11 is 0. The van der Waals surface area contributed by atoms with E-state index in [1.165, 1.54) is 5.57 Å². The zero-order valence-corrected chi connectivity index (χ0v) is 28.5. The molecular weight excluding hydrogens is 618 g/mol. The molecule has 9 atom stereocenters. The number of nitrogens with two attached hydrogens (primary N) is 1. The summed E-state index contributed by atoms with van der Waals surface area (Å²) in [5.74, 6) is 7.26. The SMILES string of the molecule is CC[C@H]1C#C[C@H]2C=C3CCc4cc(O)c(O[C@H](C[C@H](Cc5ccc[nH]5)C5=CCNC(N)=C5)[C@H](O)CO)cc4[C@@H]3C[C@@H](O)[C@H]2[C@@H](O)CCCC1. The lowest BCUT2D eigenvalue weighted by molar-refractivity contribution is -0.0106. The Balaban J connectivity index is 1.31. The maximum absolute atomic E-state index is 11.7. The molecule has 1 aromatic carbocycles. The maximum atomic E-state index is 11.7. The molecule has 49 heavy (non-hydrogen) atoms. The van der Waals surface area contributed by atoms with Crippen molar-refractivity contribution < 1.29 is 30.3 Å². The molecule has 6 rings (SSSR count). The fourth-order valence-electron chi connectivity index (χ4n) is 8.34. The number of dihydropyridines is 1. The Morgan fingerprint density at radius 1 is 1.10 bits per heavy atom. The lowest BCUT2D eigenvalue weighted by atomic mass is 9.76. The molecule has 0 amide bonds. The van der Waals surface area contributed by atoms with Crippen LogP contribution in [-0.4, -0.2) is 68.1 Å². The van der Waals surface area contributed by atoms with Crippen LogP contribution in [0.15, 0.2) is 65.7 Å². The van der Waals surface area contributed by atoms with Gasteiger partial charge in [-0.3, -0.25) is 0 Å². The second-order valence-electron chi connectivity index (χ2n) is 14.4. The number of H-pyrrole nitrogens is 1. The Morgan fingerprint density at radius 3 is 2.69 bits per heavy atom. The predicted octanol–water partition coefficient (Wildman–Crippen LogP) is 4.32. The second-order valence-corrected chi connectivity index (χ2v) is 14.4. The van der Waals surface area contributed by atoms with Crippen molar-refractivity contribution in [2.24, 2.45) is 29.4 Å². The molecule has 264 valence electrons. The first-order chi connectivity index (χ1) is 23.7. The number of aromatic hydroxyl groups is 1. The number of allylic oxidation sites excluding steroid dienone is 4. The predicted molar refractivity (Wildman–Crippen MR) is 189 cm³/mol. The van der Waals surface area contributed by atoms with Crippen LogP contribution in [0.1, 0.15) is 81.0 Å². The first kappa shape index (κ1) is 35.2. The van der Waals surface area contributed by atoms with Gasteiger partial charge in [0.25, 0.3) is 0 Å². The Bertz CT molecular complexity index is 1590. The zero-order valence-electron chi connectivity index (χ0n) is 28.5. The van der Waals surface area contributed by atoms with Crippen LogP contribution >= 0.6 is 0 Å². The van der Waals surface area contributed by atoms with Gasteiger partial charge >= 0.3 is 0 Å². The standard InChI is InChI=1S/C40H53N3O6/c1-2-24-6-3-4-8-33(45)40-28(10-9-24)16-26-11-12-27-18-34(46)38(22-32(27)31(26)21-35(40)47)49-37(36(48)23-44)19-29(17-30-7-5-14-42-30)25-13-15-43-39(41)20-25/h5,7,13-14,16,18,20,22,24,28-29,31,33,35-37,40,42-48H,2-4,6,8,11-12,15,17,19,21,23,41H2,1H3/t24-,28+,29+,31-,33+,35-,36-,37-,40-/m1/s1. The highest BCUT2D eigenvalue weighted by Crippen LogP contribution is 2.48. The molecule has 0 spiro atoms. The van der Waals surface area contributed by atoms with E-state index in [-0.39, 0.29) is 35.2 Å². The van der Waals surface area contributed by atoms with Gasteiger partial charge in [0.15, 0.2) is 11.5 Å². The largest absolute Gasteiger partial charge is 0.504 e. The first-order valence-corrected chi connectivity index (χ1v) is 18.2. The number of phenols is 1. The smallest absolute Gasteiger partial charge is 0.161 e. The summed E-state index contributed by atoms with van der Waals surface area (Å²) in [7, 11) is 0. The molecule has 0 saturated carbocycles. The van der Waals surface area contributed by atoms with E-state index in [0.29, 0.717) is 44.0 Å². The summed E-state index contributed by atoms with van der Waals surface area (Å²) in [6, 6.07) is 7.55. The van der Waals surface area contributed by atoms with Crippen LogP contribution in [0.5, 0.6) is 11.5 Å². The molecular formula is C40H53N3O6. The number of aromatic amines is 1. The van der Waals surface area contributed by atoms with Crippen molar-refractivity contribution in [3.63, 3.8) is 0 Å². The Kier molecular flexibility index (Phi) is 11.4. The van der Waals surface area contributed by atoms with Crippen molar-refractivity contribution in [3.05, 3.63) is 82.5 Å². The van der Waals surface area contributed by atoms with Gasteiger partial charge in [-0.1, -0.05) is 49.3 Å². The topological polar surface area (TPSA) is 164 Å². The number of ether oxygens (including phenoxy) is 1. The number of fused-ring (bicyclic) bond motifs is 4. The number of rotatable bonds is 10.